The fourth-order valence-corrected chi connectivity index (χ4v) is 2.92. The summed E-state index contributed by atoms with van der Waals surface area (Å²) in [5, 5.41) is 0. The Labute approximate surface area is 148 Å². The predicted octanol–water partition coefficient (Wildman–Crippen LogP) is 3.74. The molecular formula is C22H17BN2. The summed E-state index contributed by atoms with van der Waals surface area (Å²) in [6, 6.07) is 30.8. The van der Waals surface area contributed by atoms with Crippen LogP contribution >= 0.6 is 0 Å². The minimum Gasteiger partial charge on any atom is -0.228 e. The van der Waals surface area contributed by atoms with Crippen molar-refractivity contribution in [2.24, 2.45) is 0 Å². The molecule has 0 unspecified atom stereocenters. The number of benzene rings is 3. The van der Waals surface area contributed by atoms with Crippen LogP contribution in [0.25, 0.3) is 33.9 Å². The Balaban J connectivity index is 1.94. The summed E-state index contributed by atoms with van der Waals surface area (Å²) in [5.74, 6) is 0.750. The molecule has 118 valence electrons. The van der Waals surface area contributed by atoms with Gasteiger partial charge in [0.2, 0.25) is 0 Å². The molecule has 0 fully saturated rings. The summed E-state index contributed by atoms with van der Waals surface area (Å²) >= 11 is 0. The van der Waals surface area contributed by atoms with Crippen LogP contribution < -0.4 is 5.46 Å². The van der Waals surface area contributed by atoms with Gasteiger partial charge in [-0.15, -0.1) is 0 Å². The number of aromatic nitrogens is 2. The van der Waals surface area contributed by atoms with Crippen molar-refractivity contribution in [2.75, 3.05) is 0 Å². The third-order valence-electron chi connectivity index (χ3n) is 4.25. The first-order valence-electron chi connectivity index (χ1n) is 8.37. The van der Waals surface area contributed by atoms with Gasteiger partial charge in [-0.3, -0.25) is 0 Å². The van der Waals surface area contributed by atoms with E-state index in [-0.39, 0.29) is 0 Å². The second-order valence-corrected chi connectivity index (χ2v) is 6.01. The molecule has 0 aliphatic carbocycles. The summed E-state index contributed by atoms with van der Waals surface area (Å²) < 4.78 is 0. The summed E-state index contributed by atoms with van der Waals surface area (Å²) in [6.07, 6.45) is 0. The number of rotatable bonds is 3. The Morgan fingerprint density at radius 1 is 0.560 bits per heavy atom. The zero-order valence-electron chi connectivity index (χ0n) is 14.1. The van der Waals surface area contributed by atoms with Crippen molar-refractivity contribution >= 4 is 13.3 Å². The molecular weight excluding hydrogens is 303 g/mol. The van der Waals surface area contributed by atoms with E-state index in [2.05, 4.69) is 50.3 Å². The van der Waals surface area contributed by atoms with Gasteiger partial charge in [0.25, 0.3) is 0 Å². The lowest BCUT2D eigenvalue weighted by Gasteiger charge is -2.11. The van der Waals surface area contributed by atoms with Gasteiger partial charge < -0.3 is 0 Å². The topological polar surface area (TPSA) is 25.8 Å². The SMILES string of the molecule is Bc1ccccc1-c1cc(-c2ccccc2)nc(-c2ccccc2)n1. The lowest BCUT2D eigenvalue weighted by atomic mass is 9.89. The molecule has 0 spiro atoms. The normalized spacial score (nSPS) is 10.6. The van der Waals surface area contributed by atoms with Crippen molar-refractivity contribution in [3.63, 3.8) is 0 Å². The molecule has 0 radical (unpaired) electrons. The third kappa shape index (κ3) is 3.22. The summed E-state index contributed by atoms with van der Waals surface area (Å²) in [7, 11) is 2.11. The maximum atomic E-state index is 4.85. The first-order valence-corrected chi connectivity index (χ1v) is 8.37. The first kappa shape index (κ1) is 15.3. The highest BCUT2D eigenvalue weighted by atomic mass is 14.9. The van der Waals surface area contributed by atoms with Crippen LogP contribution in [0.2, 0.25) is 0 Å². The zero-order chi connectivity index (χ0) is 17.1. The van der Waals surface area contributed by atoms with Crippen LogP contribution in [0.3, 0.4) is 0 Å². The zero-order valence-corrected chi connectivity index (χ0v) is 14.1. The summed E-state index contributed by atoms with van der Waals surface area (Å²) in [4.78, 5) is 9.67. The molecule has 0 aliphatic heterocycles. The molecule has 3 heteroatoms. The molecule has 0 atom stereocenters. The second kappa shape index (κ2) is 6.74. The Morgan fingerprint density at radius 3 is 1.80 bits per heavy atom. The largest absolute Gasteiger partial charge is 0.228 e. The Bertz CT molecular complexity index is 941. The van der Waals surface area contributed by atoms with Crippen LogP contribution in [0.5, 0.6) is 0 Å². The van der Waals surface area contributed by atoms with E-state index in [9.17, 15) is 0 Å². The molecule has 0 bridgehead atoms. The lowest BCUT2D eigenvalue weighted by molar-refractivity contribution is 1.18. The second-order valence-electron chi connectivity index (χ2n) is 6.01. The number of hydrogen-bond donors (Lipinski definition) is 0. The quantitative estimate of drug-likeness (QED) is 0.538. The summed E-state index contributed by atoms with van der Waals surface area (Å²) in [5.41, 5.74) is 6.35. The molecule has 0 aliphatic rings. The van der Waals surface area contributed by atoms with Crippen LogP contribution in [0.15, 0.2) is 91.0 Å². The van der Waals surface area contributed by atoms with E-state index in [1.165, 1.54) is 5.46 Å². The van der Waals surface area contributed by atoms with Crippen molar-refractivity contribution in [3.05, 3.63) is 91.0 Å². The van der Waals surface area contributed by atoms with Crippen molar-refractivity contribution in [3.8, 4) is 33.9 Å². The molecule has 0 N–H and O–H groups in total. The maximum Gasteiger partial charge on any atom is 0.160 e. The van der Waals surface area contributed by atoms with E-state index in [0.29, 0.717) is 0 Å². The molecule has 0 saturated carbocycles. The average molecular weight is 320 g/mol. The Hall–Kier alpha value is -3.20. The van der Waals surface area contributed by atoms with E-state index in [0.717, 1.165) is 33.9 Å². The standard InChI is InChI=1S/C22H17BN2/c23-19-14-8-7-13-18(19)21-15-20(16-9-3-1-4-10-16)24-22(25-21)17-11-5-2-6-12-17/h1-15H,23H2. The molecule has 4 aromatic rings. The van der Waals surface area contributed by atoms with E-state index >= 15 is 0 Å². The van der Waals surface area contributed by atoms with Gasteiger partial charge in [-0.1, -0.05) is 90.4 Å². The van der Waals surface area contributed by atoms with Gasteiger partial charge in [0.1, 0.15) is 7.85 Å². The van der Waals surface area contributed by atoms with Gasteiger partial charge in [0.05, 0.1) is 11.4 Å². The Morgan fingerprint density at radius 2 is 1.12 bits per heavy atom. The minimum absolute atomic E-state index is 0.750. The molecule has 0 amide bonds. The fraction of sp³-hybridized carbons (Fsp3) is 0. The van der Waals surface area contributed by atoms with Gasteiger partial charge in [0, 0.05) is 11.1 Å². The van der Waals surface area contributed by atoms with Crippen LogP contribution in [0.4, 0.5) is 0 Å². The molecule has 4 rings (SSSR count). The van der Waals surface area contributed by atoms with E-state index in [4.69, 9.17) is 9.97 Å². The van der Waals surface area contributed by atoms with Crippen molar-refractivity contribution in [1.82, 2.24) is 9.97 Å². The summed E-state index contributed by atoms with van der Waals surface area (Å²) in [6.45, 7) is 0. The molecule has 0 saturated heterocycles. The highest BCUT2D eigenvalue weighted by Crippen LogP contribution is 2.26. The third-order valence-corrected chi connectivity index (χ3v) is 4.25. The predicted molar refractivity (Wildman–Crippen MR) is 107 cm³/mol. The lowest BCUT2D eigenvalue weighted by Crippen LogP contribution is -2.07. The highest BCUT2D eigenvalue weighted by Gasteiger charge is 2.11. The Kier molecular flexibility index (Phi) is 4.13. The molecule has 2 nitrogen and oxygen atoms in total. The van der Waals surface area contributed by atoms with Gasteiger partial charge in [-0.25, -0.2) is 9.97 Å². The molecule has 1 aromatic heterocycles. The van der Waals surface area contributed by atoms with E-state index in [1.54, 1.807) is 0 Å². The van der Waals surface area contributed by atoms with E-state index < -0.39 is 0 Å². The molecule has 3 aromatic carbocycles. The van der Waals surface area contributed by atoms with Crippen LogP contribution in [-0.4, -0.2) is 17.8 Å². The molecule has 1 heterocycles. The average Bonchev–Trinajstić information content (AvgIpc) is 2.69. The monoisotopic (exact) mass is 320 g/mol. The van der Waals surface area contributed by atoms with Gasteiger partial charge in [-0.2, -0.15) is 0 Å². The van der Waals surface area contributed by atoms with Crippen LogP contribution in [0, 0.1) is 0 Å². The fourth-order valence-electron chi connectivity index (χ4n) is 2.92. The van der Waals surface area contributed by atoms with Gasteiger partial charge >= 0.3 is 0 Å². The van der Waals surface area contributed by atoms with Crippen molar-refractivity contribution < 1.29 is 0 Å². The van der Waals surface area contributed by atoms with Crippen LogP contribution in [-0.2, 0) is 0 Å². The van der Waals surface area contributed by atoms with Crippen LogP contribution in [0.1, 0.15) is 0 Å². The van der Waals surface area contributed by atoms with E-state index in [1.807, 2.05) is 48.5 Å². The van der Waals surface area contributed by atoms with Crippen molar-refractivity contribution in [1.29, 1.82) is 0 Å². The van der Waals surface area contributed by atoms with Gasteiger partial charge in [0.15, 0.2) is 5.82 Å². The first-order chi connectivity index (χ1) is 12.3. The molecule has 25 heavy (non-hydrogen) atoms. The number of nitrogens with zero attached hydrogens (tertiary/aromatic N) is 2. The maximum absolute atomic E-state index is 4.85. The smallest absolute Gasteiger partial charge is 0.160 e. The number of hydrogen-bond acceptors (Lipinski definition) is 2. The van der Waals surface area contributed by atoms with Crippen molar-refractivity contribution in [2.45, 2.75) is 0 Å². The minimum atomic E-state index is 0.750. The van der Waals surface area contributed by atoms with Gasteiger partial charge in [-0.05, 0) is 11.6 Å². The highest BCUT2D eigenvalue weighted by molar-refractivity contribution is 6.35.